The molecule has 1 aromatic heterocycles. The molecule has 168 valence electrons. The van der Waals surface area contributed by atoms with Gasteiger partial charge in [0.1, 0.15) is 11.6 Å². The van der Waals surface area contributed by atoms with Crippen molar-refractivity contribution >= 4 is 28.7 Å². The maximum atomic E-state index is 5.20. The average molecular weight is 432 g/mol. The highest BCUT2D eigenvalue weighted by atomic mass is 16.5. The molecule has 1 aliphatic rings. The predicted octanol–water partition coefficient (Wildman–Crippen LogP) is 4.73. The Bertz CT molecular complexity index is 1040. The predicted molar refractivity (Wildman–Crippen MR) is 134 cm³/mol. The lowest BCUT2D eigenvalue weighted by atomic mass is 9.91. The normalized spacial score (nSPS) is 18.7. The summed E-state index contributed by atoms with van der Waals surface area (Å²) >= 11 is 0. The minimum Gasteiger partial charge on any atom is -0.497 e. The number of aromatic nitrogens is 2. The Morgan fingerprint density at radius 3 is 2.41 bits per heavy atom. The number of methoxy groups -OCH3 is 1. The fourth-order valence-corrected chi connectivity index (χ4v) is 4.23. The number of hydrogen-bond donors (Lipinski definition) is 2. The third-order valence-corrected chi connectivity index (χ3v) is 6.02. The van der Waals surface area contributed by atoms with Crippen molar-refractivity contribution in [1.82, 2.24) is 15.3 Å². The van der Waals surface area contributed by atoms with Crippen LogP contribution in [0.2, 0.25) is 0 Å². The van der Waals surface area contributed by atoms with Gasteiger partial charge in [-0.15, -0.1) is 0 Å². The van der Waals surface area contributed by atoms with Gasteiger partial charge >= 0.3 is 0 Å². The lowest BCUT2D eigenvalue weighted by Gasteiger charge is -2.29. The molecule has 0 radical (unpaired) electrons. The molecule has 6 nitrogen and oxygen atoms in total. The van der Waals surface area contributed by atoms with Crippen LogP contribution in [-0.2, 0) is 0 Å². The fourth-order valence-electron chi connectivity index (χ4n) is 4.23. The van der Waals surface area contributed by atoms with Gasteiger partial charge in [-0.2, -0.15) is 4.98 Å². The first-order chi connectivity index (χ1) is 15.6. The second kappa shape index (κ2) is 10.5. The summed E-state index contributed by atoms with van der Waals surface area (Å²) in [6, 6.07) is 17.3. The summed E-state index contributed by atoms with van der Waals surface area (Å²) < 4.78 is 5.20. The number of fused-ring (bicyclic) bond motifs is 1. The lowest BCUT2D eigenvalue weighted by Crippen LogP contribution is -2.37. The van der Waals surface area contributed by atoms with Crippen LogP contribution in [0.4, 0.5) is 11.8 Å². The van der Waals surface area contributed by atoms with Crippen LogP contribution in [-0.4, -0.2) is 49.8 Å². The number of anilines is 2. The maximum Gasteiger partial charge on any atom is 0.225 e. The third kappa shape index (κ3) is 5.56. The molecule has 0 amide bonds. The number of rotatable bonds is 8. The second-order valence-corrected chi connectivity index (χ2v) is 8.56. The Kier molecular flexibility index (Phi) is 7.22. The molecule has 1 saturated carbocycles. The standard InChI is InChI=1S/C26H33N5O/c1-31(2)25-23-8-4-5-9-24(23)29-26(30-25)28-21-14-12-20(13-15-21)27-18-6-7-19-10-16-22(32-3)17-11-19/h4-11,16-17,20-21,27H,12-15,18H2,1-3H3,(H,28,29,30). The number of hydrogen-bond acceptors (Lipinski definition) is 6. The molecule has 0 atom stereocenters. The molecule has 0 unspecified atom stereocenters. The van der Waals surface area contributed by atoms with E-state index in [1.807, 2.05) is 38.4 Å². The molecule has 3 aromatic rings. The second-order valence-electron chi connectivity index (χ2n) is 8.56. The van der Waals surface area contributed by atoms with Crippen molar-refractivity contribution in [2.24, 2.45) is 0 Å². The van der Waals surface area contributed by atoms with Crippen molar-refractivity contribution in [3.63, 3.8) is 0 Å². The van der Waals surface area contributed by atoms with Crippen LogP contribution in [0.5, 0.6) is 5.75 Å². The van der Waals surface area contributed by atoms with Crippen LogP contribution >= 0.6 is 0 Å². The van der Waals surface area contributed by atoms with Gasteiger partial charge in [-0.3, -0.25) is 0 Å². The van der Waals surface area contributed by atoms with Gasteiger partial charge in [0, 0.05) is 38.1 Å². The molecule has 1 fully saturated rings. The van der Waals surface area contributed by atoms with E-state index >= 15 is 0 Å². The minimum absolute atomic E-state index is 0.416. The topological polar surface area (TPSA) is 62.3 Å². The van der Waals surface area contributed by atoms with E-state index in [4.69, 9.17) is 14.7 Å². The molecular weight excluding hydrogens is 398 g/mol. The van der Waals surface area contributed by atoms with Crippen molar-refractivity contribution in [2.45, 2.75) is 37.8 Å². The molecule has 1 heterocycles. The lowest BCUT2D eigenvalue weighted by molar-refractivity contribution is 0.363. The van der Waals surface area contributed by atoms with Gasteiger partial charge in [0.15, 0.2) is 0 Å². The number of para-hydroxylation sites is 1. The van der Waals surface area contributed by atoms with Crippen LogP contribution in [0.25, 0.3) is 17.0 Å². The van der Waals surface area contributed by atoms with Crippen LogP contribution in [0.1, 0.15) is 31.2 Å². The highest BCUT2D eigenvalue weighted by Crippen LogP contribution is 2.26. The average Bonchev–Trinajstić information content (AvgIpc) is 2.82. The van der Waals surface area contributed by atoms with Crippen molar-refractivity contribution < 1.29 is 4.74 Å². The maximum absolute atomic E-state index is 5.20. The summed E-state index contributed by atoms with van der Waals surface area (Å²) in [5.74, 6) is 2.57. The molecule has 1 aliphatic carbocycles. The Balaban J connectivity index is 1.26. The van der Waals surface area contributed by atoms with E-state index in [9.17, 15) is 0 Å². The largest absolute Gasteiger partial charge is 0.497 e. The molecule has 4 rings (SSSR count). The van der Waals surface area contributed by atoms with Gasteiger partial charge in [-0.25, -0.2) is 4.98 Å². The summed E-state index contributed by atoms with van der Waals surface area (Å²) in [4.78, 5) is 11.6. The number of nitrogens with zero attached hydrogens (tertiary/aromatic N) is 3. The van der Waals surface area contributed by atoms with Gasteiger partial charge in [0.25, 0.3) is 0 Å². The van der Waals surface area contributed by atoms with E-state index in [0.717, 1.165) is 60.6 Å². The number of ether oxygens (including phenoxy) is 1. The van der Waals surface area contributed by atoms with Gasteiger partial charge in [-0.1, -0.05) is 36.4 Å². The van der Waals surface area contributed by atoms with Crippen molar-refractivity contribution in [3.8, 4) is 5.75 Å². The first-order valence-corrected chi connectivity index (χ1v) is 11.4. The Morgan fingerprint density at radius 1 is 0.969 bits per heavy atom. The first-order valence-electron chi connectivity index (χ1n) is 11.4. The van der Waals surface area contributed by atoms with Gasteiger partial charge in [0.2, 0.25) is 5.95 Å². The Labute approximate surface area is 190 Å². The fraction of sp³-hybridized carbons (Fsp3) is 0.385. The van der Waals surface area contributed by atoms with E-state index < -0.39 is 0 Å². The van der Waals surface area contributed by atoms with Crippen LogP contribution in [0.15, 0.2) is 54.6 Å². The summed E-state index contributed by atoms with van der Waals surface area (Å²) in [5.41, 5.74) is 2.17. The van der Waals surface area contributed by atoms with E-state index in [1.54, 1.807) is 7.11 Å². The van der Waals surface area contributed by atoms with E-state index in [1.165, 1.54) is 5.56 Å². The van der Waals surface area contributed by atoms with E-state index in [-0.39, 0.29) is 0 Å². The summed E-state index contributed by atoms with van der Waals surface area (Å²) in [6.07, 6.45) is 8.89. The minimum atomic E-state index is 0.416. The van der Waals surface area contributed by atoms with Gasteiger partial charge in [0.05, 0.1) is 12.6 Å². The van der Waals surface area contributed by atoms with Gasteiger partial charge in [-0.05, 0) is 55.5 Å². The molecular formula is C26H33N5O. The third-order valence-electron chi connectivity index (χ3n) is 6.02. The summed E-state index contributed by atoms with van der Waals surface area (Å²) in [5, 5.41) is 8.34. The van der Waals surface area contributed by atoms with Crippen LogP contribution in [0, 0.1) is 0 Å². The zero-order chi connectivity index (χ0) is 22.3. The molecule has 32 heavy (non-hydrogen) atoms. The zero-order valence-corrected chi connectivity index (χ0v) is 19.2. The molecule has 0 bridgehead atoms. The summed E-state index contributed by atoms with van der Waals surface area (Å²) in [7, 11) is 5.74. The van der Waals surface area contributed by atoms with Crippen molar-refractivity contribution in [2.75, 3.05) is 38.0 Å². The van der Waals surface area contributed by atoms with Gasteiger partial charge < -0.3 is 20.3 Å². The summed E-state index contributed by atoms with van der Waals surface area (Å²) in [6.45, 7) is 0.884. The van der Waals surface area contributed by atoms with E-state index in [0.29, 0.717) is 12.1 Å². The zero-order valence-electron chi connectivity index (χ0n) is 19.2. The quantitative estimate of drug-likeness (QED) is 0.538. The monoisotopic (exact) mass is 431 g/mol. The number of benzene rings is 2. The van der Waals surface area contributed by atoms with Crippen molar-refractivity contribution in [1.29, 1.82) is 0 Å². The van der Waals surface area contributed by atoms with Crippen LogP contribution in [0.3, 0.4) is 0 Å². The molecule has 0 saturated heterocycles. The van der Waals surface area contributed by atoms with E-state index in [2.05, 4.69) is 52.0 Å². The molecule has 0 aliphatic heterocycles. The first kappa shape index (κ1) is 22.1. The molecule has 6 heteroatoms. The molecule has 2 aromatic carbocycles. The van der Waals surface area contributed by atoms with Crippen LogP contribution < -0.4 is 20.3 Å². The molecule has 0 spiro atoms. The Hall–Kier alpha value is -3.12. The molecule has 2 N–H and O–H groups in total. The smallest absolute Gasteiger partial charge is 0.225 e. The highest BCUT2D eigenvalue weighted by Gasteiger charge is 2.21. The SMILES string of the molecule is COc1ccc(C=CCNC2CCC(Nc3nc(N(C)C)c4ccccc4n3)CC2)cc1. The Morgan fingerprint density at radius 2 is 1.69 bits per heavy atom. The van der Waals surface area contributed by atoms with Crippen molar-refractivity contribution in [3.05, 3.63) is 60.2 Å². The number of nitrogens with one attached hydrogen (secondary N) is 2. The highest BCUT2D eigenvalue weighted by molar-refractivity contribution is 5.90.